The molecule has 184 valence electrons. The first-order valence-corrected chi connectivity index (χ1v) is 12.1. The summed E-state index contributed by atoms with van der Waals surface area (Å²) in [6.45, 7) is 13.9. The van der Waals surface area contributed by atoms with Gasteiger partial charge in [-0.05, 0) is 51.9 Å². The largest absolute Gasteiger partial charge is 0.490 e. The van der Waals surface area contributed by atoms with Crippen molar-refractivity contribution >= 4 is 17.7 Å². The van der Waals surface area contributed by atoms with E-state index in [1.54, 1.807) is 6.92 Å². The second-order valence-corrected chi connectivity index (χ2v) is 11.9. The van der Waals surface area contributed by atoms with Gasteiger partial charge in [0.2, 0.25) is 0 Å². The van der Waals surface area contributed by atoms with Crippen LogP contribution in [0.15, 0.2) is 11.3 Å². The number of carbonyl (C=O) groups is 3. The molecule has 2 saturated heterocycles. The molecular weight excluding hydrogens is 424 g/mol. The van der Waals surface area contributed by atoms with Crippen molar-refractivity contribution in [2.75, 3.05) is 7.11 Å². The minimum atomic E-state index is -1.24. The molecule has 0 radical (unpaired) electrons. The van der Waals surface area contributed by atoms with E-state index in [1.807, 2.05) is 20.8 Å². The Hall–Kier alpha value is -1.89. The molecule has 0 aromatic rings. The van der Waals surface area contributed by atoms with E-state index in [-0.39, 0.29) is 30.0 Å². The normalized spacial score (nSPS) is 46.8. The van der Waals surface area contributed by atoms with Crippen molar-refractivity contribution in [3.05, 3.63) is 11.3 Å². The summed E-state index contributed by atoms with van der Waals surface area (Å²) in [7, 11) is 1.31. The SMILES string of the molecule is COC(=O)[C@@H]1C(=O)C(C)=C2O[C@@]3(C[C@]2(C)[C@H]1C)[C@@H](C)CC[C@H]1C(C)(C)OC(=O)[C@@H](O)C[C@@]13C. The van der Waals surface area contributed by atoms with Gasteiger partial charge >= 0.3 is 11.9 Å². The molecule has 4 rings (SSSR count). The molecule has 0 aromatic heterocycles. The molecule has 0 aromatic carbocycles. The molecular formula is C26H38O7. The molecule has 1 spiro atoms. The Balaban J connectivity index is 1.89. The van der Waals surface area contributed by atoms with E-state index in [1.165, 1.54) is 7.11 Å². The molecule has 7 heteroatoms. The van der Waals surface area contributed by atoms with Gasteiger partial charge in [-0.1, -0.05) is 27.7 Å². The average Bonchev–Trinajstić information content (AvgIpc) is 3.03. The molecule has 7 nitrogen and oxygen atoms in total. The Kier molecular flexibility index (Phi) is 5.36. The summed E-state index contributed by atoms with van der Waals surface area (Å²) in [5.74, 6) is -1.80. The standard InChI is InChI=1S/C26H38O7/c1-13-9-10-17-23(4,5)33-21(29)16(27)11-25(17,7)26(13)12-24(6)15(3)18(22(30)31-8)19(28)14(2)20(24)32-26/h13,15-18,27H,9-12H2,1-8H3/t13-,15-,16-,17-,18-,24+,25-,26-/m0/s1. The van der Waals surface area contributed by atoms with Crippen LogP contribution in [0.3, 0.4) is 0 Å². The maximum absolute atomic E-state index is 13.2. The topological polar surface area (TPSA) is 99.1 Å². The molecule has 4 aliphatic rings. The number of rotatable bonds is 1. The maximum atomic E-state index is 13.2. The quantitative estimate of drug-likeness (QED) is 0.470. The number of allylic oxidation sites excluding steroid dienone is 2. The number of ketones is 1. The molecule has 33 heavy (non-hydrogen) atoms. The zero-order valence-electron chi connectivity index (χ0n) is 21.1. The van der Waals surface area contributed by atoms with Gasteiger partial charge in [0.15, 0.2) is 11.9 Å². The Morgan fingerprint density at radius 3 is 2.33 bits per heavy atom. The lowest BCUT2D eigenvalue weighted by molar-refractivity contribution is -0.202. The van der Waals surface area contributed by atoms with Crippen LogP contribution in [0.4, 0.5) is 0 Å². The Bertz CT molecular complexity index is 935. The van der Waals surface area contributed by atoms with Crippen molar-refractivity contribution in [2.45, 2.75) is 91.5 Å². The number of carbonyl (C=O) groups excluding carboxylic acids is 3. The summed E-state index contributed by atoms with van der Waals surface area (Å²) < 4.78 is 17.7. The third kappa shape index (κ3) is 3.00. The van der Waals surface area contributed by atoms with Crippen LogP contribution in [0.25, 0.3) is 0 Å². The first-order valence-electron chi connectivity index (χ1n) is 12.1. The van der Waals surface area contributed by atoms with Gasteiger partial charge < -0.3 is 19.3 Å². The van der Waals surface area contributed by atoms with Gasteiger partial charge in [-0.15, -0.1) is 0 Å². The van der Waals surface area contributed by atoms with E-state index >= 15 is 0 Å². The van der Waals surface area contributed by atoms with Crippen LogP contribution in [0, 0.1) is 34.5 Å². The maximum Gasteiger partial charge on any atom is 0.335 e. The smallest absolute Gasteiger partial charge is 0.335 e. The number of esters is 2. The first kappa shape index (κ1) is 24.2. The number of hydrogen-bond acceptors (Lipinski definition) is 7. The molecule has 0 amide bonds. The van der Waals surface area contributed by atoms with Gasteiger partial charge in [-0.3, -0.25) is 9.59 Å². The lowest BCUT2D eigenvalue weighted by Gasteiger charge is -2.59. The molecule has 3 fully saturated rings. The zero-order chi connectivity index (χ0) is 24.7. The monoisotopic (exact) mass is 462 g/mol. The number of ether oxygens (including phenoxy) is 3. The third-order valence-corrected chi connectivity index (χ3v) is 9.90. The summed E-state index contributed by atoms with van der Waals surface area (Å²) in [6.07, 6.45) is 1.32. The highest BCUT2D eigenvalue weighted by atomic mass is 16.6. The van der Waals surface area contributed by atoms with Crippen LogP contribution in [0.1, 0.15) is 74.1 Å². The van der Waals surface area contributed by atoms with Crippen molar-refractivity contribution in [2.24, 2.45) is 34.5 Å². The van der Waals surface area contributed by atoms with Crippen LogP contribution in [-0.4, -0.2) is 47.2 Å². The number of cyclic esters (lactones) is 1. The van der Waals surface area contributed by atoms with Crippen LogP contribution in [0.5, 0.6) is 0 Å². The van der Waals surface area contributed by atoms with E-state index in [4.69, 9.17) is 14.2 Å². The number of aliphatic hydroxyl groups excluding tert-OH is 1. The summed E-state index contributed by atoms with van der Waals surface area (Å²) in [4.78, 5) is 38.4. The fourth-order valence-corrected chi connectivity index (χ4v) is 7.94. The number of aliphatic hydroxyl groups is 1. The minimum Gasteiger partial charge on any atom is -0.490 e. The van der Waals surface area contributed by atoms with Crippen molar-refractivity contribution < 1.29 is 33.7 Å². The van der Waals surface area contributed by atoms with Gasteiger partial charge in [0.1, 0.15) is 22.9 Å². The molecule has 0 unspecified atom stereocenters. The van der Waals surface area contributed by atoms with Gasteiger partial charge in [-0.2, -0.15) is 0 Å². The number of methoxy groups -OCH3 is 1. The molecule has 1 N–H and O–H groups in total. The van der Waals surface area contributed by atoms with E-state index in [2.05, 4.69) is 20.8 Å². The van der Waals surface area contributed by atoms with Crippen LogP contribution in [0.2, 0.25) is 0 Å². The fraction of sp³-hybridized carbons (Fsp3) is 0.808. The van der Waals surface area contributed by atoms with E-state index in [0.29, 0.717) is 17.8 Å². The molecule has 0 bridgehead atoms. The third-order valence-electron chi connectivity index (χ3n) is 9.90. The van der Waals surface area contributed by atoms with Crippen LogP contribution >= 0.6 is 0 Å². The summed E-state index contributed by atoms with van der Waals surface area (Å²) in [5.41, 5.74) is -2.15. The van der Waals surface area contributed by atoms with E-state index in [9.17, 15) is 19.5 Å². The van der Waals surface area contributed by atoms with Crippen LogP contribution < -0.4 is 0 Å². The highest BCUT2D eigenvalue weighted by Gasteiger charge is 2.72. The Morgan fingerprint density at radius 1 is 1.09 bits per heavy atom. The van der Waals surface area contributed by atoms with Crippen molar-refractivity contribution in [3.63, 3.8) is 0 Å². The second-order valence-electron chi connectivity index (χ2n) is 11.9. The van der Waals surface area contributed by atoms with Crippen LogP contribution in [-0.2, 0) is 28.6 Å². The lowest BCUT2D eigenvalue weighted by Crippen LogP contribution is -2.62. The lowest BCUT2D eigenvalue weighted by atomic mass is 9.47. The first-order chi connectivity index (χ1) is 15.2. The van der Waals surface area contributed by atoms with Crippen molar-refractivity contribution in [1.82, 2.24) is 0 Å². The molecule has 2 aliphatic carbocycles. The van der Waals surface area contributed by atoms with E-state index < -0.39 is 46.0 Å². The summed E-state index contributed by atoms with van der Waals surface area (Å²) in [5, 5.41) is 10.8. The molecule has 2 aliphatic heterocycles. The fourth-order valence-electron chi connectivity index (χ4n) is 7.94. The van der Waals surface area contributed by atoms with E-state index in [0.717, 1.165) is 12.8 Å². The van der Waals surface area contributed by atoms with Gasteiger partial charge in [0.05, 0.1) is 7.11 Å². The summed E-state index contributed by atoms with van der Waals surface area (Å²) in [6, 6.07) is 0. The van der Waals surface area contributed by atoms with Gasteiger partial charge in [0.25, 0.3) is 0 Å². The second kappa shape index (κ2) is 7.30. The highest BCUT2D eigenvalue weighted by molar-refractivity contribution is 6.09. The molecule has 1 saturated carbocycles. The number of fused-ring (bicyclic) bond motifs is 3. The molecule has 8 atom stereocenters. The predicted molar refractivity (Wildman–Crippen MR) is 120 cm³/mol. The molecule has 2 heterocycles. The average molecular weight is 463 g/mol. The zero-order valence-corrected chi connectivity index (χ0v) is 21.1. The Morgan fingerprint density at radius 2 is 1.73 bits per heavy atom. The van der Waals surface area contributed by atoms with Crippen molar-refractivity contribution in [1.29, 1.82) is 0 Å². The minimum absolute atomic E-state index is 0.0330. The highest BCUT2D eigenvalue weighted by Crippen LogP contribution is 2.69. The predicted octanol–water partition coefficient (Wildman–Crippen LogP) is 3.57. The number of hydrogen-bond donors (Lipinski definition) is 1. The Labute approximate surface area is 196 Å². The summed E-state index contributed by atoms with van der Waals surface area (Å²) >= 11 is 0. The van der Waals surface area contributed by atoms with Crippen molar-refractivity contribution in [3.8, 4) is 0 Å². The van der Waals surface area contributed by atoms with Gasteiger partial charge in [0, 0.05) is 28.7 Å². The van der Waals surface area contributed by atoms with Gasteiger partial charge in [-0.25, -0.2) is 4.79 Å². The number of Topliss-reactive ketones (excluding diaryl/α,β-unsaturated/α-hetero) is 1.